The largest absolute Gasteiger partial charge is 0.384 e. The summed E-state index contributed by atoms with van der Waals surface area (Å²) in [5.74, 6) is -0.488. The minimum absolute atomic E-state index is 0.0523. The van der Waals surface area contributed by atoms with Gasteiger partial charge in [0, 0.05) is 12.0 Å². The number of Topliss-reactive ketones (excluding diaryl/α,β-unsaturated/α-hetero) is 1. The van der Waals surface area contributed by atoms with Gasteiger partial charge in [0.2, 0.25) is 0 Å². The lowest BCUT2D eigenvalue weighted by Crippen LogP contribution is -2.04. The molecule has 0 N–H and O–H groups in total. The van der Waals surface area contributed by atoms with E-state index in [-0.39, 0.29) is 18.6 Å². The van der Waals surface area contributed by atoms with Gasteiger partial charge < -0.3 is 3.83 Å². The van der Waals surface area contributed by atoms with Crippen LogP contribution in [0, 0.1) is 0 Å². The summed E-state index contributed by atoms with van der Waals surface area (Å²) >= 11 is 2.56. The van der Waals surface area contributed by atoms with E-state index in [0.717, 1.165) is 0 Å². The average Bonchev–Trinajstić information content (AvgIpc) is 2.26. The third-order valence-corrected chi connectivity index (χ3v) is 2.10. The highest BCUT2D eigenvalue weighted by Gasteiger charge is 2.08. The van der Waals surface area contributed by atoms with Crippen LogP contribution in [0.3, 0.4) is 0 Å². The molecule has 14 heavy (non-hydrogen) atoms. The molecule has 4 heteroatoms. The van der Waals surface area contributed by atoms with Crippen molar-refractivity contribution >= 4 is 28.0 Å². The van der Waals surface area contributed by atoms with Crippen molar-refractivity contribution in [2.75, 3.05) is 0 Å². The SMILES string of the molecule is O=C(CCC(=O)c1ccccc1)OBr. The molecule has 74 valence electrons. The number of carbonyl (C=O) groups is 2. The highest BCUT2D eigenvalue weighted by Crippen LogP contribution is 2.06. The Hall–Kier alpha value is -1.16. The summed E-state index contributed by atoms with van der Waals surface area (Å²) in [6.07, 6.45) is 0.271. The van der Waals surface area contributed by atoms with E-state index in [2.05, 4.69) is 20.1 Å². The Morgan fingerprint density at radius 1 is 1.14 bits per heavy atom. The molecule has 1 aromatic carbocycles. The first-order valence-corrected chi connectivity index (χ1v) is 4.78. The molecule has 3 nitrogen and oxygen atoms in total. The van der Waals surface area contributed by atoms with Crippen molar-refractivity contribution in [3.8, 4) is 0 Å². The highest BCUT2D eigenvalue weighted by atomic mass is 79.9. The van der Waals surface area contributed by atoms with Crippen LogP contribution in [0.15, 0.2) is 30.3 Å². The lowest BCUT2D eigenvalue weighted by molar-refractivity contribution is -0.132. The molecule has 0 aliphatic heterocycles. The quantitative estimate of drug-likeness (QED) is 0.778. The maximum Gasteiger partial charge on any atom is 0.317 e. The zero-order valence-corrected chi connectivity index (χ0v) is 8.99. The van der Waals surface area contributed by atoms with Crippen molar-refractivity contribution in [3.05, 3.63) is 35.9 Å². The van der Waals surface area contributed by atoms with Gasteiger partial charge in [0.15, 0.2) is 22.0 Å². The third-order valence-electron chi connectivity index (χ3n) is 1.74. The fourth-order valence-electron chi connectivity index (χ4n) is 1.02. The normalized spacial score (nSPS) is 9.50. The van der Waals surface area contributed by atoms with E-state index in [1.165, 1.54) is 0 Å². The summed E-state index contributed by atoms with van der Waals surface area (Å²) in [5.41, 5.74) is 0.620. The fraction of sp³-hybridized carbons (Fsp3) is 0.200. The Morgan fingerprint density at radius 3 is 2.36 bits per heavy atom. The number of benzene rings is 1. The van der Waals surface area contributed by atoms with Crippen LogP contribution in [0.2, 0.25) is 0 Å². The van der Waals surface area contributed by atoms with Crippen molar-refractivity contribution in [2.45, 2.75) is 12.8 Å². The van der Waals surface area contributed by atoms with E-state index in [0.29, 0.717) is 5.56 Å². The van der Waals surface area contributed by atoms with Crippen molar-refractivity contribution in [3.63, 3.8) is 0 Å². The number of hydrogen-bond donors (Lipinski definition) is 0. The van der Waals surface area contributed by atoms with E-state index in [9.17, 15) is 9.59 Å². The van der Waals surface area contributed by atoms with Gasteiger partial charge in [0.1, 0.15) is 0 Å². The van der Waals surface area contributed by atoms with Crippen LogP contribution in [-0.2, 0) is 8.62 Å². The Morgan fingerprint density at radius 2 is 1.79 bits per heavy atom. The zero-order chi connectivity index (χ0) is 10.4. The molecule has 0 atom stereocenters. The zero-order valence-electron chi connectivity index (χ0n) is 7.40. The Balaban J connectivity index is 2.48. The molecule has 0 aromatic heterocycles. The fourth-order valence-corrected chi connectivity index (χ4v) is 1.18. The summed E-state index contributed by atoms with van der Waals surface area (Å²) in [4.78, 5) is 22.2. The van der Waals surface area contributed by atoms with E-state index in [1.54, 1.807) is 24.3 Å². The first-order valence-electron chi connectivity index (χ1n) is 4.13. The standard InChI is InChI=1S/C10H9BrO3/c11-14-10(13)7-6-9(12)8-4-2-1-3-5-8/h1-5H,6-7H2. The molecule has 0 heterocycles. The Kier molecular flexibility index (Phi) is 4.32. The van der Waals surface area contributed by atoms with Gasteiger partial charge in [-0.15, -0.1) is 0 Å². The molecule has 0 amide bonds. The summed E-state index contributed by atoms with van der Waals surface area (Å²) in [6.45, 7) is 0. The van der Waals surface area contributed by atoms with Gasteiger partial charge >= 0.3 is 5.97 Å². The molecule has 0 spiro atoms. The molecule has 1 aromatic rings. The highest BCUT2D eigenvalue weighted by molar-refractivity contribution is 9.06. The van der Waals surface area contributed by atoms with Gasteiger partial charge in [-0.25, -0.2) is 0 Å². The number of rotatable bonds is 4. The number of halogens is 1. The molecule has 0 bridgehead atoms. The van der Waals surface area contributed by atoms with Crippen molar-refractivity contribution < 1.29 is 13.4 Å². The molecule has 0 saturated carbocycles. The minimum atomic E-state index is -0.436. The van der Waals surface area contributed by atoms with Crippen LogP contribution < -0.4 is 0 Å². The van der Waals surface area contributed by atoms with Crippen LogP contribution in [0.4, 0.5) is 0 Å². The second kappa shape index (κ2) is 5.54. The predicted molar refractivity (Wildman–Crippen MR) is 55.0 cm³/mol. The van der Waals surface area contributed by atoms with Gasteiger partial charge in [-0.2, -0.15) is 0 Å². The monoisotopic (exact) mass is 256 g/mol. The second-order valence-corrected chi connectivity index (χ2v) is 3.06. The second-order valence-electron chi connectivity index (χ2n) is 2.74. The number of carbonyl (C=O) groups excluding carboxylic acids is 2. The van der Waals surface area contributed by atoms with Gasteiger partial charge in [0.25, 0.3) is 0 Å². The molecular formula is C10H9BrO3. The first-order chi connectivity index (χ1) is 6.74. The van der Waals surface area contributed by atoms with Crippen LogP contribution in [-0.4, -0.2) is 11.8 Å². The molecular weight excluding hydrogens is 248 g/mol. The van der Waals surface area contributed by atoms with Crippen LogP contribution in [0.25, 0.3) is 0 Å². The molecule has 0 saturated heterocycles. The Bertz CT molecular complexity index is 321. The average molecular weight is 257 g/mol. The molecule has 0 unspecified atom stereocenters. The summed E-state index contributed by atoms with van der Waals surface area (Å²) in [5, 5.41) is 0. The molecule has 0 aliphatic carbocycles. The maximum atomic E-state index is 11.4. The number of hydrogen-bond acceptors (Lipinski definition) is 3. The first kappa shape index (κ1) is 10.9. The topological polar surface area (TPSA) is 43.4 Å². The summed E-state index contributed by atoms with van der Waals surface area (Å²) < 4.78 is 4.26. The lowest BCUT2D eigenvalue weighted by atomic mass is 10.1. The van der Waals surface area contributed by atoms with Crippen molar-refractivity contribution in [1.29, 1.82) is 0 Å². The Labute approximate surface area is 90.5 Å². The third kappa shape index (κ3) is 3.30. The van der Waals surface area contributed by atoms with Crippen molar-refractivity contribution in [1.82, 2.24) is 0 Å². The van der Waals surface area contributed by atoms with Crippen LogP contribution >= 0.6 is 16.3 Å². The van der Waals surface area contributed by atoms with E-state index in [4.69, 9.17) is 0 Å². The molecule has 0 fully saturated rings. The lowest BCUT2D eigenvalue weighted by Gasteiger charge is -1.98. The van der Waals surface area contributed by atoms with Gasteiger partial charge in [0.05, 0.1) is 6.42 Å². The smallest absolute Gasteiger partial charge is 0.317 e. The van der Waals surface area contributed by atoms with E-state index >= 15 is 0 Å². The summed E-state index contributed by atoms with van der Waals surface area (Å²) in [6, 6.07) is 8.86. The van der Waals surface area contributed by atoms with E-state index < -0.39 is 5.97 Å². The van der Waals surface area contributed by atoms with Gasteiger partial charge in [-0.05, 0) is 0 Å². The molecule has 0 radical (unpaired) electrons. The molecule has 1 rings (SSSR count). The van der Waals surface area contributed by atoms with E-state index in [1.807, 2.05) is 6.07 Å². The van der Waals surface area contributed by atoms with Crippen molar-refractivity contribution in [2.24, 2.45) is 0 Å². The van der Waals surface area contributed by atoms with Gasteiger partial charge in [-0.1, -0.05) is 30.3 Å². The summed E-state index contributed by atoms with van der Waals surface area (Å²) in [7, 11) is 0. The predicted octanol–water partition coefficient (Wildman–Crippen LogP) is 2.50. The van der Waals surface area contributed by atoms with Gasteiger partial charge in [-0.3, -0.25) is 9.59 Å². The molecule has 0 aliphatic rings. The number of ketones is 1. The van der Waals surface area contributed by atoms with Crippen LogP contribution in [0.5, 0.6) is 0 Å². The van der Waals surface area contributed by atoms with Crippen LogP contribution in [0.1, 0.15) is 23.2 Å². The maximum absolute atomic E-state index is 11.4. The minimum Gasteiger partial charge on any atom is -0.384 e.